The van der Waals surface area contributed by atoms with E-state index in [2.05, 4.69) is 15.1 Å². The summed E-state index contributed by atoms with van der Waals surface area (Å²) in [5, 5.41) is 2.89. The number of carbonyl (C=O) groups excluding carboxylic acids is 2. The van der Waals surface area contributed by atoms with E-state index in [1.54, 1.807) is 12.1 Å². The Labute approximate surface area is 146 Å². The molecule has 0 unspecified atom stereocenters. The van der Waals surface area contributed by atoms with Crippen molar-refractivity contribution in [2.75, 3.05) is 37.7 Å². The van der Waals surface area contributed by atoms with E-state index in [-0.39, 0.29) is 23.7 Å². The number of piperazine rings is 1. The predicted molar refractivity (Wildman–Crippen MR) is 91.6 cm³/mol. The number of carbonyl (C=O) groups is 2. The van der Waals surface area contributed by atoms with Gasteiger partial charge in [-0.1, -0.05) is 0 Å². The fraction of sp³-hybridized carbons (Fsp3) is 0.556. The highest BCUT2D eigenvalue weighted by atomic mass is 19.1. The summed E-state index contributed by atoms with van der Waals surface area (Å²) in [5.74, 6) is -0.0510. The zero-order valence-corrected chi connectivity index (χ0v) is 14.4. The van der Waals surface area contributed by atoms with Gasteiger partial charge in [-0.05, 0) is 49.9 Å². The molecule has 0 bridgehead atoms. The van der Waals surface area contributed by atoms with Gasteiger partial charge >= 0.3 is 6.03 Å². The molecule has 3 fully saturated rings. The van der Waals surface area contributed by atoms with Crippen LogP contribution in [-0.2, 0) is 4.79 Å². The Bertz CT molecular complexity index is 683. The van der Waals surface area contributed by atoms with Gasteiger partial charge in [0.05, 0.1) is 6.67 Å². The number of amides is 3. The number of hydrogen-bond donors (Lipinski definition) is 1. The van der Waals surface area contributed by atoms with Crippen molar-refractivity contribution in [1.82, 2.24) is 15.1 Å². The molecule has 1 atom stereocenters. The Balaban J connectivity index is 1.35. The lowest BCUT2D eigenvalue weighted by Gasteiger charge is -2.37. The van der Waals surface area contributed by atoms with Gasteiger partial charge in [-0.2, -0.15) is 0 Å². The second-order valence-electron chi connectivity index (χ2n) is 7.36. The number of rotatable bonds is 4. The average Bonchev–Trinajstić information content (AvgIpc) is 3.43. The van der Waals surface area contributed by atoms with Crippen molar-refractivity contribution >= 4 is 17.6 Å². The Morgan fingerprint density at radius 1 is 1.12 bits per heavy atom. The average molecular weight is 346 g/mol. The fourth-order valence-electron chi connectivity index (χ4n) is 3.78. The molecule has 1 saturated carbocycles. The van der Waals surface area contributed by atoms with Crippen LogP contribution >= 0.6 is 0 Å². The fourth-order valence-corrected chi connectivity index (χ4v) is 3.78. The van der Waals surface area contributed by atoms with E-state index in [1.165, 1.54) is 17.0 Å². The van der Waals surface area contributed by atoms with Gasteiger partial charge in [0, 0.05) is 31.9 Å². The van der Waals surface area contributed by atoms with E-state index in [0.717, 1.165) is 44.7 Å². The third-order valence-electron chi connectivity index (χ3n) is 5.60. The third kappa shape index (κ3) is 2.97. The van der Waals surface area contributed by atoms with Gasteiger partial charge in [-0.3, -0.25) is 9.69 Å². The van der Waals surface area contributed by atoms with Gasteiger partial charge in [-0.25, -0.2) is 14.1 Å². The van der Waals surface area contributed by atoms with Gasteiger partial charge in [0.25, 0.3) is 5.91 Å². The van der Waals surface area contributed by atoms with Gasteiger partial charge in [0.2, 0.25) is 0 Å². The van der Waals surface area contributed by atoms with Gasteiger partial charge in [0.15, 0.2) is 0 Å². The van der Waals surface area contributed by atoms with Gasteiger partial charge in [-0.15, -0.1) is 0 Å². The summed E-state index contributed by atoms with van der Waals surface area (Å²) in [6.07, 6.45) is 2.01. The van der Waals surface area contributed by atoms with Crippen LogP contribution in [0.5, 0.6) is 0 Å². The molecule has 1 N–H and O–H groups in total. The minimum Gasteiger partial charge on any atom is -0.369 e. The molecule has 134 valence electrons. The Morgan fingerprint density at radius 2 is 1.76 bits per heavy atom. The van der Waals surface area contributed by atoms with Crippen molar-refractivity contribution in [3.63, 3.8) is 0 Å². The van der Waals surface area contributed by atoms with E-state index >= 15 is 0 Å². The lowest BCUT2D eigenvalue weighted by Crippen LogP contribution is -2.52. The van der Waals surface area contributed by atoms with Crippen LogP contribution in [0.15, 0.2) is 24.3 Å². The molecule has 2 heterocycles. The second kappa shape index (κ2) is 5.98. The van der Waals surface area contributed by atoms with E-state index in [0.29, 0.717) is 6.67 Å². The molecule has 1 aromatic rings. The highest BCUT2D eigenvalue weighted by Crippen LogP contribution is 2.42. The van der Waals surface area contributed by atoms with Crippen molar-refractivity contribution in [2.24, 2.45) is 5.92 Å². The largest absolute Gasteiger partial charge is 0.369 e. The van der Waals surface area contributed by atoms with E-state index < -0.39 is 5.54 Å². The van der Waals surface area contributed by atoms with Gasteiger partial charge in [0.1, 0.15) is 11.4 Å². The Morgan fingerprint density at radius 3 is 2.36 bits per heavy atom. The van der Waals surface area contributed by atoms with Crippen molar-refractivity contribution in [3.8, 4) is 0 Å². The zero-order chi connectivity index (χ0) is 17.6. The maximum absolute atomic E-state index is 13.0. The number of anilines is 1. The highest BCUT2D eigenvalue weighted by molar-refractivity contribution is 6.07. The summed E-state index contributed by atoms with van der Waals surface area (Å²) >= 11 is 0. The molecule has 1 aromatic carbocycles. The summed E-state index contributed by atoms with van der Waals surface area (Å²) in [6.45, 7) is 5.27. The summed E-state index contributed by atoms with van der Waals surface area (Å²) in [7, 11) is 0. The monoisotopic (exact) mass is 346 g/mol. The highest BCUT2D eigenvalue weighted by Gasteiger charge is 2.56. The molecule has 25 heavy (non-hydrogen) atoms. The Hall–Kier alpha value is -2.15. The SMILES string of the molecule is C[C@@]1(C2CC2)NC(=O)N(CN2CCN(c3ccc(F)cc3)CC2)C1=O. The van der Waals surface area contributed by atoms with Crippen LogP contribution < -0.4 is 10.2 Å². The van der Waals surface area contributed by atoms with E-state index in [4.69, 9.17) is 0 Å². The first-order valence-corrected chi connectivity index (χ1v) is 8.84. The van der Waals surface area contributed by atoms with E-state index in [1.807, 2.05) is 6.92 Å². The minimum atomic E-state index is -0.715. The minimum absolute atomic E-state index is 0.0963. The molecular formula is C18H23FN4O2. The molecule has 3 aliphatic rings. The molecule has 0 aromatic heterocycles. The smallest absolute Gasteiger partial charge is 0.326 e. The summed E-state index contributed by atoms with van der Waals surface area (Å²) in [4.78, 5) is 30.6. The molecule has 0 spiro atoms. The first-order chi connectivity index (χ1) is 12.0. The molecule has 7 heteroatoms. The van der Waals surface area contributed by atoms with Crippen LogP contribution in [0.2, 0.25) is 0 Å². The lowest BCUT2D eigenvalue weighted by atomic mass is 9.96. The van der Waals surface area contributed by atoms with Crippen LogP contribution in [0.1, 0.15) is 19.8 Å². The first kappa shape index (κ1) is 16.3. The zero-order valence-electron chi connectivity index (χ0n) is 14.4. The van der Waals surface area contributed by atoms with Crippen molar-refractivity contribution < 1.29 is 14.0 Å². The van der Waals surface area contributed by atoms with E-state index in [9.17, 15) is 14.0 Å². The maximum atomic E-state index is 13.0. The maximum Gasteiger partial charge on any atom is 0.326 e. The summed E-state index contributed by atoms with van der Waals surface area (Å²) in [5.41, 5.74) is 0.282. The lowest BCUT2D eigenvalue weighted by molar-refractivity contribution is -0.133. The van der Waals surface area contributed by atoms with Crippen LogP contribution in [0.25, 0.3) is 0 Å². The number of benzene rings is 1. The number of nitrogens with zero attached hydrogens (tertiary/aromatic N) is 3. The standard InChI is InChI=1S/C18H23FN4O2/c1-18(13-2-3-13)16(24)23(17(25)20-18)12-21-8-10-22(11-9-21)15-6-4-14(19)5-7-15/h4-7,13H,2-3,8-12H2,1H3,(H,20,25)/t18-/m0/s1. The predicted octanol–water partition coefficient (Wildman–Crippen LogP) is 1.63. The van der Waals surface area contributed by atoms with Crippen molar-refractivity contribution in [1.29, 1.82) is 0 Å². The molecule has 2 saturated heterocycles. The first-order valence-electron chi connectivity index (χ1n) is 8.84. The number of imide groups is 1. The number of hydrogen-bond acceptors (Lipinski definition) is 4. The summed E-state index contributed by atoms with van der Waals surface area (Å²) in [6, 6.07) is 6.22. The normalized spacial score (nSPS) is 27.8. The Kier molecular flexibility index (Phi) is 3.91. The molecule has 6 nitrogen and oxygen atoms in total. The van der Waals surface area contributed by atoms with Crippen LogP contribution in [0.3, 0.4) is 0 Å². The third-order valence-corrected chi connectivity index (χ3v) is 5.60. The molecule has 3 amide bonds. The number of urea groups is 1. The van der Waals surface area contributed by atoms with Crippen LogP contribution in [0, 0.1) is 11.7 Å². The second-order valence-corrected chi connectivity index (χ2v) is 7.36. The molecule has 1 aliphatic carbocycles. The van der Waals surface area contributed by atoms with Crippen LogP contribution in [-0.4, -0.2) is 60.1 Å². The summed E-state index contributed by atoms with van der Waals surface area (Å²) < 4.78 is 13.0. The number of nitrogens with one attached hydrogen (secondary N) is 1. The van der Waals surface area contributed by atoms with Crippen molar-refractivity contribution in [3.05, 3.63) is 30.1 Å². The number of halogens is 1. The van der Waals surface area contributed by atoms with Crippen molar-refractivity contribution in [2.45, 2.75) is 25.3 Å². The molecule has 4 rings (SSSR count). The molecular weight excluding hydrogens is 323 g/mol. The topological polar surface area (TPSA) is 55.9 Å². The van der Waals surface area contributed by atoms with Crippen LogP contribution in [0.4, 0.5) is 14.9 Å². The quantitative estimate of drug-likeness (QED) is 0.842. The van der Waals surface area contributed by atoms with Gasteiger partial charge < -0.3 is 10.2 Å². The molecule has 2 aliphatic heterocycles. The molecule has 0 radical (unpaired) electrons.